The van der Waals surface area contributed by atoms with Crippen LogP contribution in [0.4, 0.5) is 13.2 Å². The van der Waals surface area contributed by atoms with Gasteiger partial charge in [-0.05, 0) is 24.3 Å². The van der Waals surface area contributed by atoms with Gasteiger partial charge in [0.1, 0.15) is 0 Å². The van der Waals surface area contributed by atoms with Gasteiger partial charge in [0.15, 0.2) is 0 Å². The van der Waals surface area contributed by atoms with E-state index in [0.29, 0.717) is 11.6 Å². The summed E-state index contributed by atoms with van der Waals surface area (Å²) in [6.45, 7) is 2.62. The third kappa shape index (κ3) is 4.99. The predicted octanol–water partition coefficient (Wildman–Crippen LogP) is 2.32. The van der Waals surface area contributed by atoms with Crippen molar-refractivity contribution in [3.8, 4) is 0 Å². The van der Waals surface area contributed by atoms with E-state index in [1.54, 1.807) is 6.07 Å². The van der Waals surface area contributed by atoms with Gasteiger partial charge in [0.25, 0.3) is 15.0 Å². The fourth-order valence-electron chi connectivity index (χ4n) is 2.37. The van der Waals surface area contributed by atoms with Gasteiger partial charge in [-0.3, -0.25) is 4.79 Å². The standard InChI is InChI=1S/C8H11N3O.C7H4ClF3O2S/c9-8(12)6-1-3-11-4-2-10-5-7(6)11;8-14(12,13)6-3-1-2-5(4-6)7(9,10)11/h1,3,10H,2,4-5H2,(H2,9,12);1-4H. The highest BCUT2D eigenvalue weighted by Gasteiger charge is 2.31. The van der Waals surface area contributed by atoms with Crippen LogP contribution in [0.3, 0.4) is 0 Å². The average molecular weight is 410 g/mol. The Bertz CT molecular complexity index is 910. The molecular formula is C15H15ClF3N3O3S. The smallest absolute Gasteiger partial charge is 0.366 e. The Morgan fingerprint density at radius 2 is 1.96 bits per heavy atom. The number of amides is 1. The molecule has 3 N–H and O–H groups in total. The van der Waals surface area contributed by atoms with Crippen LogP contribution >= 0.6 is 10.7 Å². The maximum absolute atomic E-state index is 12.1. The van der Waals surface area contributed by atoms with Crippen LogP contribution in [0.1, 0.15) is 21.6 Å². The fourth-order valence-corrected chi connectivity index (χ4v) is 3.16. The molecule has 2 heterocycles. The molecule has 6 nitrogen and oxygen atoms in total. The molecule has 0 unspecified atom stereocenters. The summed E-state index contributed by atoms with van der Waals surface area (Å²) < 4.78 is 59.8. The van der Waals surface area contributed by atoms with Crippen LogP contribution < -0.4 is 11.1 Å². The highest BCUT2D eigenvalue weighted by molar-refractivity contribution is 8.13. The van der Waals surface area contributed by atoms with Gasteiger partial charge in [0.2, 0.25) is 0 Å². The Morgan fingerprint density at radius 3 is 2.54 bits per heavy atom. The maximum atomic E-state index is 12.1. The summed E-state index contributed by atoms with van der Waals surface area (Å²) in [7, 11) is 0.772. The van der Waals surface area contributed by atoms with Crippen LogP contribution in [-0.4, -0.2) is 25.4 Å². The van der Waals surface area contributed by atoms with E-state index in [1.165, 1.54) is 0 Å². The molecule has 1 aliphatic rings. The molecule has 0 spiro atoms. The number of hydrogen-bond acceptors (Lipinski definition) is 4. The molecule has 1 aliphatic heterocycles. The summed E-state index contributed by atoms with van der Waals surface area (Å²) in [6.07, 6.45) is -2.66. The lowest BCUT2D eigenvalue weighted by Crippen LogP contribution is -2.29. The molecule has 0 aliphatic carbocycles. The van der Waals surface area contributed by atoms with Crippen molar-refractivity contribution in [2.75, 3.05) is 6.54 Å². The second-order valence-corrected chi connectivity index (χ2v) is 7.94. The van der Waals surface area contributed by atoms with Crippen LogP contribution in [0.15, 0.2) is 41.4 Å². The summed E-state index contributed by atoms with van der Waals surface area (Å²) >= 11 is 0. The zero-order chi connectivity index (χ0) is 19.5. The number of rotatable bonds is 2. The van der Waals surface area contributed by atoms with E-state index < -0.39 is 25.7 Å². The number of fused-ring (bicyclic) bond motifs is 1. The Hall–Kier alpha value is -2.04. The quantitative estimate of drug-likeness (QED) is 0.744. The Balaban J connectivity index is 0.000000189. The number of primary amides is 1. The zero-order valence-electron chi connectivity index (χ0n) is 13.3. The van der Waals surface area contributed by atoms with Gasteiger partial charge in [-0.25, -0.2) is 8.42 Å². The molecule has 1 aromatic carbocycles. The Morgan fingerprint density at radius 1 is 1.27 bits per heavy atom. The molecule has 1 amide bonds. The molecule has 0 atom stereocenters. The van der Waals surface area contributed by atoms with E-state index in [0.717, 1.165) is 43.5 Å². The van der Waals surface area contributed by atoms with E-state index >= 15 is 0 Å². The van der Waals surface area contributed by atoms with Crippen molar-refractivity contribution < 1.29 is 26.4 Å². The van der Waals surface area contributed by atoms with Crippen LogP contribution in [0.2, 0.25) is 0 Å². The van der Waals surface area contributed by atoms with Crippen molar-refractivity contribution in [1.82, 2.24) is 9.88 Å². The van der Waals surface area contributed by atoms with Gasteiger partial charge < -0.3 is 15.6 Å². The van der Waals surface area contributed by atoms with E-state index in [4.69, 9.17) is 16.4 Å². The largest absolute Gasteiger partial charge is 0.416 e. The van der Waals surface area contributed by atoms with Gasteiger partial charge in [-0.1, -0.05) is 6.07 Å². The lowest BCUT2D eigenvalue weighted by molar-refractivity contribution is -0.137. The number of nitrogens with zero attached hydrogens (tertiary/aromatic N) is 1. The summed E-state index contributed by atoms with van der Waals surface area (Å²) in [5, 5.41) is 3.19. The summed E-state index contributed by atoms with van der Waals surface area (Å²) in [5.74, 6) is -0.340. The normalized spacial score (nSPS) is 14.2. The molecule has 142 valence electrons. The van der Waals surface area contributed by atoms with Gasteiger partial charge in [-0.2, -0.15) is 13.2 Å². The summed E-state index contributed by atoms with van der Waals surface area (Å²) in [5.41, 5.74) is 5.81. The van der Waals surface area contributed by atoms with Gasteiger partial charge in [0.05, 0.1) is 16.0 Å². The van der Waals surface area contributed by atoms with Crippen molar-refractivity contribution in [3.05, 3.63) is 53.3 Å². The van der Waals surface area contributed by atoms with Crippen molar-refractivity contribution in [3.63, 3.8) is 0 Å². The number of nitrogens with one attached hydrogen (secondary N) is 1. The number of carbonyl (C=O) groups is 1. The lowest BCUT2D eigenvalue weighted by Gasteiger charge is -2.16. The first-order valence-corrected chi connectivity index (χ1v) is 9.61. The number of nitrogens with two attached hydrogens (primary N) is 1. The molecule has 3 rings (SSSR count). The third-order valence-electron chi connectivity index (χ3n) is 3.61. The van der Waals surface area contributed by atoms with Gasteiger partial charge in [-0.15, -0.1) is 0 Å². The van der Waals surface area contributed by atoms with Crippen molar-refractivity contribution in [1.29, 1.82) is 0 Å². The number of benzene rings is 1. The second-order valence-electron chi connectivity index (χ2n) is 5.37. The maximum Gasteiger partial charge on any atom is 0.416 e. The Kier molecular flexibility index (Phi) is 5.99. The number of carbonyl (C=O) groups excluding carboxylic acids is 1. The van der Waals surface area contributed by atoms with Crippen LogP contribution in [0.25, 0.3) is 0 Å². The van der Waals surface area contributed by atoms with Gasteiger partial charge >= 0.3 is 6.18 Å². The SMILES string of the molecule is NC(=O)c1ccn2c1CNCC2.O=S(=O)(Cl)c1cccc(C(F)(F)F)c1. The van der Waals surface area contributed by atoms with Crippen LogP contribution in [0.5, 0.6) is 0 Å². The molecular weight excluding hydrogens is 395 g/mol. The number of alkyl halides is 3. The first-order chi connectivity index (χ1) is 12.0. The third-order valence-corrected chi connectivity index (χ3v) is 4.96. The van der Waals surface area contributed by atoms with Crippen molar-refractivity contribution >= 4 is 25.6 Å². The minimum absolute atomic E-state index is 0.340. The van der Waals surface area contributed by atoms with Crippen molar-refractivity contribution in [2.24, 2.45) is 5.73 Å². The van der Waals surface area contributed by atoms with E-state index in [2.05, 4.69) is 9.88 Å². The van der Waals surface area contributed by atoms with Gasteiger partial charge in [0, 0.05) is 42.2 Å². The molecule has 11 heteroatoms. The molecule has 26 heavy (non-hydrogen) atoms. The average Bonchev–Trinajstić information content (AvgIpc) is 2.98. The topological polar surface area (TPSA) is 94.2 Å². The molecule has 0 radical (unpaired) electrons. The van der Waals surface area contributed by atoms with Crippen LogP contribution in [0, 0.1) is 0 Å². The summed E-state index contributed by atoms with van der Waals surface area (Å²) in [4.78, 5) is 10.4. The minimum Gasteiger partial charge on any atom is -0.366 e. The number of hydrogen-bond donors (Lipinski definition) is 2. The van der Waals surface area contributed by atoms with Crippen LogP contribution in [-0.2, 0) is 28.3 Å². The molecule has 0 saturated heterocycles. The van der Waals surface area contributed by atoms with E-state index in [1.807, 2.05) is 6.20 Å². The van der Waals surface area contributed by atoms with E-state index in [-0.39, 0.29) is 5.91 Å². The second kappa shape index (κ2) is 7.68. The predicted molar refractivity (Wildman–Crippen MR) is 89.1 cm³/mol. The van der Waals surface area contributed by atoms with E-state index in [9.17, 15) is 26.4 Å². The molecule has 0 saturated carbocycles. The van der Waals surface area contributed by atoms with Crippen molar-refractivity contribution in [2.45, 2.75) is 24.2 Å². The summed E-state index contributed by atoms with van der Waals surface area (Å²) in [6, 6.07) is 5.02. The monoisotopic (exact) mass is 409 g/mol. The first kappa shape index (κ1) is 20.3. The first-order valence-electron chi connectivity index (χ1n) is 7.30. The lowest BCUT2D eigenvalue weighted by atomic mass is 10.2. The highest BCUT2D eigenvalue weighted by atomic mass is 35.7. The molecule has 2 aromatic rings. The zero-order valence-corrected chi connectivity index (χ0v) is 14.8. The number of aromatic nitrogens is 1. The fraction of sp³-hybridized carbons (Fsp3) is 0.267. The number of halogens is 4. The minimum atomic E-state index is -4.57. The molecule has 1 aromatic heterocycles. The molecule has 0 fully saturated rings. The Labute approximate surface area is 152 Å². The molecule has 0 bridgehead atoms. The highest BCUT2D eigenvalue weighted by Crippen LogP contribution is 2.31.